The number of nitrogens with zero attached hydrogens (tertiary/aromatic N) is 1. The van der Waals surface area contributed by atoms with Gasteiger partial charge in [0.15, 0.2) is 11.5 Å². The Morgan fingerprint density at radius 2 is 2.12 bits per heavy atom. The highest BCUT2D eigenvalue weighted by Gasteiger charge is 2.18. The highest BCUT2D eigenvalue weighted by molar-refractivity contribution is 9.10. The summed E-state index contributed by atoms with van der Waals surface area (Å²) in [5.74, 6) is 1.28. The normalized spacial score (nSPS) is 11.1. The highest BCUT2D eigenvalue weighted by Crippen LogP contribution is 2.37. The molecular formula is C20H20BrNO4. The number of furan rings is 1. The maximum absolute atomic E-state index is 12.5. The topological polar surface area (TPSA) is 72.5 Å². The second-order valence-corrected chi connectivity index (χ2v) is 6.36. The Hall–Kier alpha value is -2.52. The van der Waals surface area contributed by atoms with Crippen LogP contribution in [-0.4, -0.2) is 19.0 Å². The number of hydrogen-bond donors (Lipinski definition) is 0. The van der Waals surface area contributed by atoms with Crippen LogP contribution in [0.25, 0.3) is 6.08 Å². The predicted octanol–water partition coefficient (Wildman–Crippen LogP) is 5.33. The second-order valence-electron chi connectivity index (χ2n) is 5.50. The molecule has 0 saturated carbocycles. The largest absolute Gasteiger partial charge is 0.490 e. The molecule has 1 aromatic heterocycles. The summed E-state index contributed by atoms with van der Waals surface area (Å²) in [7, 11) is 0. The molecule has 0 aliphatic heterocycles. The monoisotopic (exact) mass is 417 g/mol. The molecule has 0 amide bonds. The summed E-state index contributed by atoms with van der Waals surface area (Å²) in [4.78, 5) is 12.5. The first-order valence-electron chi connectivity index (χ1n) is 8.31. The van der Waals surface area contributed by atoms with Crippen molar-refractivity contribution in [3.63, 3.8) is 0 Å². The first kappa shape index (κ1) is 19.8. The van der Waals surface area contributed by atoms with Crippen molar-refractivity contribution >= 4 is 27.8 Å². The summed E-state index contributed by atoms with van der Waals surface area (Å²) in [5.41, 5.74) is 1.06. The highest BCUT2D eigenvalue weighted by atomic mass is 79.9. The van der Waals surface area contributed by atoms with Crippen LogP contribution in [0.1, 0.15) is 41.9 Å². The van der Waals surface area contributed by atoms with Crippen LogP contribution in [0.4, 0.5) is 0 Å². The fourth-order valence-corrected chi connectivity index (χ4v) is 2.93. The summed E-state index contributed by atoms with van der Waals surface area (Å²) in [5, 5.41) is 9.42. The number of aryl methyl sites for hydroxylation is 1. The van der Waals surface area contributed by atoms with E-state index in [2.05, 4.69) is 15.9 Å². The number of ketones is 1. The number of carbonyl (C=O) groups excluding carboxylic acids is 1. The number of allylic oxidation sites excluding steroid dienone is 1. The van der Waals surface area contributed by atoms with Crippen LogP contribution in [0.2, 0.25) is 0 Å². The fourth-order valence-electron chi connectivity index (χ4n) is 2.36. The van der Waals surface area contributed by atoms with E-state index in [-0.39, 0.29) is 11.4 Å². The number of ether oxygens (including phenoxy) is 2. The van der Waals surface area contributed by atoms with Gasteiger partial charge in [-0.05, 0) is 66.0 Å². The quantitative estimate of drug-likeness (QED) is 0.329. The zero-order chi connectivity index (χ0) is 19.1. The van der Waals surface area contributed by atoms with Crippen LogP contribution in [0, 0.1) is 18.3 Å². The van der Waals surface area contributed by atoms with Gasteiger partial charge in [0.1, 0.15) is 17.4 Å². The lowest BCUT2D eigenvalue weighted by Gasteiger charge is -2.14. The van der Waals surface area contributed by atoms with Gasteiger partial charge in [0.05, 0.1) is 29.5 Å². The molecule has 136 valence electrons. The van der Waals surface area contributed by atoms with Crippen molar-refractivity contribution in [3.05, 3.63) is 51.4 Å². The van der Waals surface area contributed by atoms with E-state index >= 15 is 0 Å². The molecule has 0 spiro atoms. The van der Waals surface area contributed by atoms with E-state index in [1.54, 1.807) is 25.1 Å². The molecule has 6 heteroatoms. The summed E-state index contributed by atoms with van der Waals surface area (Å²) in [6.07, 6.45) is 3.84. The zero-order valence-corrected chi connectivity index (χ0v) is 16.6. The Balaban J connectivity index is 2.43. The van der Waals surface area contributed by atoms with Gasteiger partial charge in [-0.25, -0.2) is 0 Å². The van der Waals surface area contributed by atoms with Crippen molar-refractivity contribution in [1.82, 2.24) is 0 Å². The van der Waals surface area contributed by atoms with E-state index in [0.717, 1.165) is 6.42 Å². The van der Waals surface area contributed by atoms with Crippen LogP contribution in [-0.2, 0) is 0 Å². The van der Waals surface area contributed by atoms with Crippen molar-refractivity contribution in [3.8, 4) is 17.6 Å². The third-order valence-corrected chi connectivity index (χ3v) is 4.15. The molecular weight excluding hydrogens is 398 g/mol. The minimum atomic E-state index is -0.376. The lowest BCUT2D eigenvalue weighted by atomic mass is 10.0. The molecule has 0 unspecified atom stereocenters. The Labute approximate surface area is 161 Å². The lowest BCUT2D eigenvalue weighted by Crippen LogP contribution is -2.03. The molecule has 5 nitrogen and oxygen atoms in total. The van der Waals surface area contributed by atoms with Crippen molar-refractivity contribution < 1.29 is 18.7 Å². The first-order valence-corrected chi connectivity index (χ1v) is 9.10. The number of carbonyl (C=O) groups is 1. The van der Waals surface area contributed by atoms with E-state index in [9.17, 15) is 10.1 Å². The van der Waals surface area contributed by atoms with Crippen molar-refractivity contribution in [2.75, 3.05) is 13.2 Å². The fraction of sp³-hybridized carbons (Fsp3) is 0.300. The molecule has 0 radical (unpaired) electrons. The summed E-state index contributed by atoms with van der Waals surface area (Å²) < 4.78 is 17.3. The number of benzene rings is 1. The number of hydrogen-bond acceptors (Lipinski definition) is 5. The molecule has 0 atom stereocenters. The summed E-state index contributed by atoms with van der Waals surface area (Å²) in [6.45, 7) is 6.63. The molecule has 1 heterocycles. The number of halogens is 1. The van der Waals surface area contributed by atoms with E-state index in [1.165, 1.54) is 12.3 Å². The van der Waals surface area contributed by atoms with Crippen molar-refractivity contribution in [1.29, 1.82) is 5.26 Å². The Morgan fingerprint density at radius 3 is 2.69 bits per heavy atom. The van der Waals surface area contributed by atoms with Crippen LogP contribution >= 0.6 is 15.9 Å². The Morgan fingerprint density at radius 1 is 1.35 bits per heavy atom. The van der Waals surface area contributed by atoms with Gasteiger partial charge in [-0.1, -0.05) is 6.92 Å². The van der Waals surface area contributed by atoms with Crippen LogP contribution in [0.15, 0.2) is 38.9 Å². The molecule has 0 bridgehead atoms. The number of Topliss-reactive ketones (excluding diaryl/α,β-unsaturated/α-hetero) is 1. The third-order valence-electron chi connectivity index (χ3n) is 3.56. The van der Waals surface area contributed by atoms with Gasteiger partial charge in [0, 0.05) is 0 Å². The van der Waals surface area contributed by atoms with Gasteiger partial charge in [-0.2, -0.15) is 5.26 Å². The smallest absolute Gasteiger partial charge is 0.207 e. The maximum atomic E-state index is 12.5. The molecule has 0 aliphatic rings. The first-order chi connectivity index (χ1) is 12.5. The van der Waals surface area contributed by atoms with Gasteiger partial charge in [-0.15, -0.1) is 0 Å². The van der Waals surface area contributed by atoms with E-state index in [0.29, 0.717) is 46.1 Å². The molecule has 0 N–H and O–H groups in total. The summed E-state index contributed by atoms with van der Waals surface area (Å²) in [6, 6.07) is 7.08. The lowest BCUT2D eigenvalue weighted by molar-refractivity contribution is 0.103. The average Bonchev–Trinajstić information content (AvgIpc) is 3.04. The van der Waals surface area contributed by atoms with Crippen LogP contribution < -0.4 is 9.47 Å². The molecule has 0 fully saturated rings. The summed E-state index contributed by atoms with van der Waals surface area (Å²) >= 11 is 3.48. The molecule has 0 aliphatic carbocycles. The van der Waals surface area contributed by atoms with E-state index in [1.807, 2.05) is 19.9 Å². The zero-order valence-electron chi connectivity index (χ0n) is 15.0. The van der Waals surface area contributed by atoms with E-state index in [4.69, 9.17) is 13.9 Å². The Kier molecular flexibility index (Phi) is 7.05. The van der Waals surface area contributed by atoms with Crippen molar-refractivity contribution in [2.24, 2.45) is 0 Å². The maximum Gasteiger partial charge on any atom is 0.207 e. The van der Waals surface area contributed by atoms with Gasteiger partial charge in [0.2, 0.25) is 5.78 Å². The molecule has 2 rings (SSSR count). The van der Waals surface area contributed by atoms with Gasteiger partial charge >= 0.3 is 0 Å². The van der Waals surface area contributed by atoms with Crippen LogP contribution in [0.3, 0.4) is 0 Å². The predicted molar refractivity (Wildman–Crippen MR) is 102 cm³/mol. The molecule has 2 aromatic rings. The SMILES string of the molecule is CCCOc1c(Br)cc(/C=C(\C#N)C(=O)c2ccoc2C)cc1OCC. The van der Waals surface area contributed by atoms with Gasteiger partial charge in [-0.3, -0.25) is 4.79 Å². The molecule has 26 heavy (non-hydrogen) atoms. The average molecular weight is 418 g/mol. The van der Waals surface area contributed by atoms with Crippen LogP contribution in [0.5, 0.6) is 11.5 Å². The van der Waals surface area contributed by atoms with E-state index < -0.39 is 0 Å². The second kappa shape index (κ2) is 9.25. The molecule has 1 aromatic carbocycles. The standard InChI is InChI=1S/C20H20BrNO4/c1-4-7-26-20-17(21)10-14(11-18(20)24-5-2)9-15(12-22)19(23)16-6-8-25-13(16)3/h6,8-11H,4-5,7H2,1-3H3/b15-9+. The minimum absolute atomic E-state index is 0.0195. The molecule has 0 saturated heterocycles. The van der Waals surface area contributed by atoms with Crippen molar-refractivity contribution in [2.45, 2.75) is 27.2 Å². The number of nitriles is 1. The Bertz CT molecular complexity index is 861. The van der Waals surface area contributed by atoms with Gasteiger partial charge in [0.25, 0.3) is 0 Å². The number of rotatable bonds is 8. The van der Waals surface area contributed by atoms with Gasteiger partial charge < -0.3 is 13.9 Å². The minimum Gasteiger partial charge on any atom is -0.490 e. The third kappa shape index (κ3) is 4.55.